The molecule has 0 bridgehead atoms. The SMILES string of the molecule is COc1ccccc1CC(O)c1ccc(C)o1. The van der Waals surface area contributed by atoms with Gasteiger partial charge in [0.25, 0.3) is 0 Å². The van der Waals surface area contributed by atoms with Crippen LogP contribution in [-0.4, -0.2) is 12.2 Å². The highest BCUT2D eigenvalue weighted by Gasteiger charge is 2.14. The normalized spacial score (nSPS) is 12.4. The third-order valence-corrected chi connectivity index (χ3v) is 2.70. The number of ether oxygens (including phenoxy) is 1. The van der Waals surface area contributed by atoms with E-state index < -0.39 is 6.10 Å². The van der Waals surface area contributed by atoms with Crippen LogP contribution < -0.4 is 4.74 Å². The van der Waals surface area contributed by atoms with Crippen LogP contribution in [0.5, 0.6) is 5.75 Å². The first kappa shape index (κ1) is 11.7. The number of furan rings is 1. The standard InChI is InChI=1S/C14H16O3/c1-10-7-8-14(17-10)12(15)9-11-5-3-4-6-13(11)16-2/h3-8,12,15H,9H2,1-2H3. The van der Waals surface area contributed by atoms with Crippen LogP contribution in [0.1, 0.15) is 23.2 Å². The van der Waals surface area contributed by atoms with E-state index in [2.05, 4.69) is 0 Å². The molecule has 0 aliphatic rings. The van der Waals surface area contributed by atoms with Gasteiger partial charge in [-0.1, -0.05) is 18.2 Å². The fourth-order valence-electron chi connectivity index (χ4n) is 1.81. The number of hydrogen-bond acceptors (Lipinski definition) is 3. The van der Waals surface area contributed by atoms with Gasteiger partial charge in [0.1, 0.15) is 23.4 Å². The number of methoxy groups -OCH3 is 1. The molecule has 0 aliphatic heterocycles. The fourth-order valence-corrected chi connectivity index (χ4v) is 1.81. The van der Waals surface area contributed by atoms with E-state index >= 15 is 0 Å². The topological polar surface area (TPSA) is 42.6 Å². The molecule has 1 aromatic heterocycles. The van der Waals surface area contributed by atoms with E-state index in [9.17, 15) is 5.11 Å². The molecule has 1 N–H and O–H groups in total. The second-order valence-corrected chi connectivity index (χ2v) is 3.98. The number of aliphatic hydroxyl groups is 1. The Hall–Kier alpha value is -1.74. The van der Waals surface area contributed by atoms with Crippen molar-refractivity contribution < 1.29 is 14.3 Å². The summed E-state index contributed by atoms with van der Waals surface area (Å²) in [4.78, 5) is 0. The summed E-state index contributed by atoms with van der Waals surface area (Å²) in [5.41, 5.74) is 0.969. The van der Waals surface area contributed by atoms with Crippen molar-refractivity contribution in [3.05, 3.63) is 53.5 Å². The molecule has 2 rings (SSSR count). The Labute approximate surface area is 101 Å². The number of benzene rings is 1. The zero-order valence-corrected chi connectivity index (χ0v) is 10.0. The number of aliphatic hydroxyl groups excluding tert-OH is 1. The lowest BCUT2D eigenvalue weighted by atomic mass is 10.1. The van der Waals surface area contributed by atoms with Crippen molar-refractivity contribution in [3.8, 4) is 5.75 Å². The first-order valence-corrected chi connectivity index (χ1v) is 5.57. The van der Waals surface area contributed by atoms with Crippen molar-refractivity contribution in [2.75, 3.05) is 7.11 Å². The summed E-state index contributed by atoms with van der Waals surface area (Å²) in [6.07, 6.45) is -0.156. The molecule has 17 heavy (non-hydrogen) atoms. The quantitative estimate of drug-likeness (QED) is 0.881. The molecule has 3 heteroatoms. The van der Waals surface area contributed by atoms with Gasteiger partial charge in [0.15, 0.2) is 0 Å². The van der Waals surface area contributed by atoms with Crippen LogP contribution in [0.4, 0.5) is 0 Å². The zero-order chi connectivity index (χ0) is 12.3. The van der Waals surface area contributed by atoms with Crippen LogP contribution >= 0.6 is 0 Å². The zero-order valence-electron chi connectivity index (χ0n) is 10.0. The van der Waals surface area contributed by atoms with E-state index in [1.54, 1.807) is 13.2 Å². The van der Waals surface area contributed by atoms with Crippen LogP contribution in [-0.2, 0) is 6.42 Å². The lowest BCUT2D eigenvalue weighted by Crippen LogP contribution is -2.02. The number of hydrogen-bond donors (Lipinski definition) is 1. The molecule has 1 heterocycles. The van der Waals surface area contributed by atoms with Crippen LogP contribution in [0.15, 0.2) is 40.8 Å². The van der Waals surface area contributed by atoms with Crippen LogP contribution in [0.3, 0.4) is 0 Å². The predicted molar refractivity (Wildman–Crippen MR) is 65.1 cm³/mol. The van der Waals surface area contributed by atoms with E-state index in [1.165, 1.54) is 0 Å². The average molecular weight is 232 g/mol. The Balaban J connectivity index is 2.15. The molecule has 0 amide bonds. The summed E-state index contributed by atoms with van der Waals surface area (Å²) in [6, 6.07) is 11.3. The van der Waals surface area contributed by atoms with E-state index in [0.717, 1.165) is 17.1 Å². The molecule has 0 radical (unpaired) electrons. The Kier molecular flexibility index (Phi) is 3.49. The van der Waals surface area contributed by atoms with Gasteiger partial charge >= 0.3 is 0 Å². The van der Waals surface area contributed by atoms with Crippen LogP contribution in [0.2, 0.25) is 0 Å². The van der Waals surface area contributed by atoms with Crippen molar-refractivity contribution in [1.82, 2.24) is 0 Å². The highest BCUT2D eigenvalue weighted by atomic mass is 16.5. The van der Waals surface area contributed by atoms with Crippen LogP contribution in [0, 0.1) is 6.92 Å². The molecule has 1 atom stereocenters. The van der Waals surface area contributed by atoms with E-state index in [0.29, 0.717) is 12.2 Å². The summed E-state index contributed by atoms with van der Waals surface area (Å²) in [7, 11) is 1.63. The number of para-hydroxylation sites is 1. The van der Waals surface area contributed by atoms with Gasteiger partial charge in [-0.3, -0.25) is 0 Å². The van der Waals surface area contributed by atoms with Crippen LogP contribution in [0.25, 0.3) is 0 Å². The molecular formula is C14H16O3. The maximum absolute atomic E-state index is 10.1. The third-order valence-electron chi connectivity index (χ3n) is 2.70. The summed E-state index contributed by atoms with van der Waals surface area (Å²) >= 11 is 0. The number of rotatable bonds is 4. The van der Waals surface area contributed by atoms with Gasteiger partial charge < -0.3 is 14.3 Å². The first-order chi connectivity index (χ1) is 8.20. The summed E-state index contributed by atoms with van der Waals surface area (Å²) < 4.78 is 10.6. The second-order valence-electron chi connectivity index (χ2n) is 3.98. The van der Waals surface area contributed by atoms with Gasteiger partial charge in [-0.15, -0.1) is 0 Å². The van der Waals surface area contributed by atoms with Gasteiger partial charge in [0.05, 0.1) is 7.11 Å². The molecule has 1 aromatic carbocycles. The van der Waals surface area contributed by atoms with Crippen molar-refractivity contribution in [1.29, 1.82) is 0 Å². The van der Waals surface area contributed by atoms with Crippen molar-refractivity contribution >= 4 is 0 Å². The minimum absolute atomic E-state index is 0.483. The predicted octanol–water partition coefficient (Wildman–Crippen LogP) is 2.87. The minimum atomic E-state index is -0.639. The van der Waals surface area contributed by atoms with E-state index in [4.69, 9.17) is 9.15 Å². The summed E-state index contributed by atoms with van der Waals surface area (Å²) in [5.74, 6) is 2.18. The Morgan fingerprint density at radius 3 is 2.65 bits per heavy atom. The fraction of sp³-hybridized carbons (Fsp3) is 0.286. The first-order valence-electron chi connectivity index (χ1n) is 5.57. The lowest BCUT2D eigenvalue weighted by molar-refractivity contribution is 0.148. The second kappa shape index (κ2) is 5.06. The monoisotopic (exact) mass is 232 g/mol. The van der Waals surface area contributed by atoms with Gasteiger partial charge in [-0.05, 0) is 30.7 Å². The van der Waals surface area contributed by atoms with Crippen molar-refractivity contribution in [2.45, 2.75) is 19.4 Å². The Morgan fingerprint density at radius 2 is 2.00 bits per heavy atom. The Morgan fingerprint density at radius 1 is 1.24 bits per heavy atom. The summed E-state index contributed by atoms with van der Waals surface area (Å²) in [6.45, 7) is 1.86. The largest absolute Gasteiger partial charge is 0.496 e. The maximum atomic E-state index is 10.1. The molecule has 1 unspecified atom stereocenters. The van der Waals surface area contributed by atoms with Gasteiger partial charge in [0, 0.05) is 6.42 Å². The molecule has 0 fully saturated rings. The highest BCUT2D eigenvalue weighted by Crippen LogP contribution is 2.25. The van der Waals surface area contributed by atoms with Crippen molar-refractivity contribution in [3.63, 3.8) is 0 Å². The smallest absolute Gasteiger partial charge is 0.132 e. The van der Waals surface area contributed by atoms with Gasteiger partial charge in [-0.2, -0.15) is 0 Å². The molecule has 0 aliphatic carbocycles. The van der Waals surface area contributed by atoms with Gasteiger partial charge in [-0.25, -0.2) is 0 Å². The molecule has 0 spiro atoms. The highest BCUT2D eigenvalue weighted by molar-refractivity contribution is 5.34. The molecule has 3 nitrogen and oxygen atoms in total. The lowest BCUT2D eigenvalue weighted by Gasteiger charge is -2.11. The average Bonchev–Trinajstić information content (AvgIpc) is 2.77. The maximum Gasteiger partial charge on any atom is 0.132 e. The molecule has 2 aromatic rings. The minimum Gasteiger partial charge on any atom is -0.496 e. The van der Waals surface area contributed by atoms with E-state index in [1.807, 2.05) is 37.3 Å². The summed E-state index contributed by atoms with van der Waals surface area (Å²) in [5, 5.41) is 10.1. The Bertz CT molecular complexity index is 488. The molecule has 0 saturated carbocycles. The van der Waals surface area contributed by atoms with Crippen molar-refractivity contribution in [2.24, 2.45) is 0 Å². The van der Waals surface area contributed by atoms with E-state index in [-0.39, 0.29) is 0 Å². The number of aryl methyl sites for hydroxylation is 1. The third kappa shape index (κ3) is 2.68. The van der Waals surface area contributed by atoms with Gasteiger partial charge in [0.2, 0.25) is 0 Å². The molecule has 0 saturated heterocycles. The molecule has 90 valence electrons. The molecular weight excluding hydrogens is 216 g/mol.